The molecular formula is C18H27BrN6O. The molecule has 142 valence electrons. The summed E-state index contributed by atoms with van der Waals surface area (Å²) >= 11 is 3.55. The number of aromatic nitrogens is 4. The van der Waals surface area contributed by atoms with Crippen LogP contribution in [0.5, 0.6) is 0 Å². The van der Waals surface area contributed by atoms with E-state index in [9.17, 15) is 4.79 Å². The minimum atomic E-state index is -0.0789. The number of carbonyl (C=O) groups excluding carboxylic acids is 1. The van der Waals surface area contributed by atoms with Crippen LogP contribution in [-0.4, -0.2) is 61.4 Å². The molecule has 0 saturated carbocycles. The second-order valence-corrected chi connectivity index (χ2v) is 7.98. The van der Waals surface area contributed by atoms with Crippen LogP contribution in [0.4, 0.5) is 0 Å². The number of carbonyl (C=O) groups is 1. The predicted octanol–water partition coefficient (Wildman–Crippen LogP) is 1.98. The maximum absolute atomic E-state index is 12.8. The minimum absolute atomic E-state index is 0.0789. The standard InChI is InChI=1S/C18H27BrN6O/c1-13(10-25-15(3)17(19)14(2)21-25)18(26)24-7-5-23(6-8-24)12-16-9-20-22(4)11-16/h9,11,13H,5-8,10,12H2,1-4H3. The van der Waals surface area contributed by atoms with Crippen LogP contribution in [0.15, 0.2) is 16.9 Å². The third kappa shape index (κ3) is 4.17. The monoisotopic (exact) mass is 422 g/mol. The fourth-order valence-electron chi connectivity index (χ4n) is 3.44. The summed E-state index contributed by atoms with van der Waals surface area (Å²) in [6, 6.07) is 0. The average Bonchev–Trinajstić information content (AvgIpc) is 3.13. The summed E-state index contributed by atoms with van der Waals surface area (Å²) in [7, 11) is 1.93. The molecule has 1 saturated heterocycles. The maximum Gasteiger partial charge on any atom is 0.227 e. The number of piperazine rings is 1. The summed E-state index contributed by atoms with van der Waals surface area (Å²) in [6.45, 7) is 10.9. The van der Waals surface area contributed by atoms with Crippen LogP contribution in [0, 0.1) is 19.8 Å². The number of hydrogen-bond acceptors (Lipinski definition) is 4. The van der Waals surface area contributed by atoms with Gasteiger partial charge in [-0.15, -0.1) is 0 Å². The van der Waals surface area contributed by atoms with E-state index in [0.29, 0.717) is 6.54 Å². The molecular weight excluding hydrogens is 396 g/mol. The first kappa shape index (κ1) is 19.1. The van der Waals surface area contributed by atoms with Crippen molar-refractivity contribution < 1.29 is 4.79 Å². The van der Waals surface area contributed by atoms with Crippen LogP contribution in [0.2, 0.25) is 0 Å². The van der Waals surface area contributed by atoms with E-state index in [1.54, 1.807) is 0 Å². The first-order valence-corrected chi connectivity index (χ1v) is 9.82. The van der Waals surface area contributed by atoms with Crippen molar-refractivity contribution in [2.45, 2.75) is 33.9 Å². The summed E-state index contributed by atoms with van der Waals surface area (Å²) in [5.41, 5.74) is 3.25. The molecule has 1 atom stereocenters. The van der Waals surface area contributed by atoms with Crippen molar-refractivity contribution in [3.63, 3.8) is 0 Å². The molecule has 0 aliphatic carbocycles. The molecule has 1 fully saturated rings. The second-order valence-electron chi connectivity index (χ2n) is 7.19. The molecule has 0 bridgehead atoms. The smallest absolute Gasteiger partial charge is 0.227 e. The number of rotatable bonds is 5. The molecule has 1 aliphatic heterocycles. The van der Waals surface area contributed by atoms with Gasteiger partial charge in [0.1, 0.15) is 0 Å². The van der Waals surface area contributed by atoms with Crippen molar-refractivity contribution >= 4 is 21.8 Å². The SMILES string of the molecule is Cc1nn(CC(C)C(=O)N2CCN(Cc3cnn(C)c3)CC2)c(C)c1Br. The van der Waals surface area contributed by atoms with Gasteiger partial charge in [0, 0.05) is 57.2 Å². The Balaban J connectivity index is 1.51. The van der Waals surface area contributed by atoms with Crippen LogP contribution in [0.1, 0.15) is 23.9 Å². The van der Waals surface area contributed by atoms with Gasteiger partial charge in [-0.25, -0.2) is 0 Å². The Morgan fingerprint density at radius 3 is 2.50 bits per heavy atom. The average molecular weight is 423 g/mol. The maximum atomic E-state index is 12.8. The predicted molar refractivity (Wildman–Crippen MR) is 104 cm³/mol. The highest BCUT2D eigenvalue weighted by Gasteiger charge is 2.26. The lowest BCUT2D eigenvalue weighted by atomic mass is 10.1. The topological polar surface area (TPSA) is 59.2 Å². The zero-order valence-corrected chi connectivity index (χ0v) is 17.5. The van der Waals surface area contributed by atoms with Gasteiger partial charge in [0.05, 0.1) is 28.8 Å². The zero-order chi connectivity index (χ0) is 18.8. The van der Waals surface area contributed by atoms with Gasteiger partial charge < -0.3 is 4.90 Å². The molecule has 0 N–H and O–H groups in total. The van der Waals surface area contributed by atoms with Gasteiger partial charge in [-0.05, 0) is 29.8 Å². The van der Waals surface area contributed by atoms with Crippen molar-refractivity contribution in [2.75, 3.05) is 26.2 Å². The van der Waals surface area contributed by atoms with E-state index in [2.05, 4.69) is 31.0 Å². The van der Waals surface area contributed by atoms with Crippen molar-refractivity contribution in [1.82, 2.24) is 29.4 Å². The van der Waals surface area contributed by atoms with Gasteiger partial charge in [0.15, 0.2) is 0 Å². The van der Waals surface area contributed by atoms with Crippen LogP contribution in [-0.2, 0) is 24.9 Å². The van der Waals surface area contributed by atoms with Crippen LogP contribution >= 0.6 is 15.9 Å². The van der Waals surface area contributed by atoms with Crippen molar-refractivity contribution in [2.24, 2.45) is 13.0 Å². The van der Waals surface area contributed by atoms with Crippen LogP contribution in [0.3, 0.4) is 0 Å². The number of halogens is 1. The summed E-state index contributed by atoms with van der Waals surface area (Å²) in [5, 5.41) is 8.74. The van der Waals surface area contributed by atoms with Gasteiger partial charge in [0.2, 0.25) is 5.91 Å². The molecule has 0 spiro atoms. The molecule has 3 heterocycles. The Labute approximate surface area is 163 Å². The molecule has 1 aliphatic rings. The highest BCUT2D eigenvalue weighted by Crippen LogP contribution is 2.21. The molecule has 0 aromatic carbocycles. The third-order valence-electron chi connectivity index (χ3n) is 5.01. The molecule has 26 heavy (non-hydrogen) atoms. The number of amides is 1. The normalized spacial score (nSPS) is 16.9. The van der Waals surface area contributed by atoms with Gasteiger partial charge in [-0.2, -0.15) is 10.2 Å². The quantitative estimate of drug-likeness (QED) is 0.738. The lowest BCUT2D eigenvalue weighted by molar-refractivity contribution is -0.137. The van der Waals surface area contributed by atoms with E-state index < -0.39 is 0 Å². The first-order valence-electron chi connectivity index (χ1n) is 9.03. The fraction of sp³-hybridized carbons (Fsp3) is 0.611. The molecule has 2 aromatic heterocycles. The minimum Gasteiger partial charge on any atom is -0.340 e. The Morgan fingerprint density at radius 2 is 1.96 bits per heavy atom. The molecule has 2 aromatic rings. The number of aryl methyl sites for hydroxylation is 2. The first-order chi connectivity index (χ1) is 12.3. The Bertz CT molecular complexity index is 775. The van der Waals surface area contributed by atoms with Crippen LogP contribution < -0.4 is 0 Å². The molecule has 1 unspecified atom stereocenters. The molecule has 0 radical (unpaired) electrons. The van der Waals surface area contributed by atoms with Gasteiger partial charge in [0.25, 0.3) is 0 Å². The van der Waals surface area contributed by atoms with Gasteiger partial charge in [-0.3, -0.25) is 19.1 Å². The Hall–Kier alpha value is -1.67. The van der Waals surface area contributed by atoms with E-state index in [1.807, 2.05) is 54.5 Å². The molecule has 1 amide bonds. The van der Waals surface area contributed by atoms with E-state index in [0.717, 1.165) is 48.6 Å². The highest BCUT2D eigenvalue weighted by atomic mass is 79.9. The van der Waals surface area contributed by atoms with Crippen molar-refractivity contribution in [1.29, 1.82) is 0 Å². The summed E-state index contributed by atoms with van der Waals surface area (Å²) in [4.78, 5) is 17.2. The molecule has 7 nitrogen and oxygen atoms in total. The second kappa shape index (κ2) is 7.92. The van der Waals surface area contributed by atoms with Crippen LogP contribution in [0.25, 0.3) is 0 Å². The molecule has 3 rings (SSSR count). The number of hydrogen-bond donors (Lipinski definition) is 0. The highest BCUT2D eigenvalue weighted by molar-refractivity contribution is 9.10. The molecule has 8 heteroatoms. The Kier molecular flexibility index (Phi) is 5.82. The lowest BCUT2D eigenvalue weighted by Gasteiger charge is -2.35. The van der Waals surface area contributed by atoms with Gasteiger partial charge >= 0.3 is 0 Å². The van der Waals surface area contributed by atoms with E-state index in [4.69, 9.17) is 0 Å². The van der Waals surface area contributed by atoms with E-state index >= 15 is 0 Å². The fourth-order valence-corrected chi connectivity index (χ4v) is 3.72. The summed E-state index contributed by atoms with van der Waals surface area (Å²) in [6.07, 6.45) is 3.96. The zero-order valence-electron chi connectivity index (χ0n) is 15.9. The summed E-state index contributed by atoms with van der Waals surface area (Å²) in [5.74, 6) is 0.138. The number of nitrogens with zero attached hydrogens (tertiary/aromatic N) is 6. The Morgan fingerprint density at radius 1 is 1.27 bits per heavy atom. The largest absolute Gasteiger partial charge is 0.340 e. The summed E-state index contributed by atoms with van der Waals surface area (Å²) < 4.78 is 4.79. The van der Waals surface area contributed by atoms with Gasteiger partial charge in [-0.1, -0.05) is 6.92 Å². The van der Waals surface area contributed by atoms with E-state index in [-0.39, 0.29) is 11.8 Å². The van der Waals surface area contributed by atoms with E-state index in [1.165, 1.54) is 5.56 Å². The third-order valence-corrected chi connectivity index (χ3v) is 6.16. The van der Waals surface area contributed by atoms with Crippen molar-refractivity contribution in [3.05, 3.63) is 33.8 Å². The lowest BCUT2D eigenvalue weighted by Crippen LogP contribution is -2.50. The van der Waals surface area contributed by atoms with Crippen molar-refractivity contribution in [3.8, 4) is 0 Å².